The summed E-state index contributed by atoms with van der Waals surface area (Å²) < 4.78 is 10.3. The molecule has 25 heavy (non-hydrogen) atoms. The fourth-order valence-electron chi connectivity index (χ4n) is 2.57. The second-order valence-corrected chi connectivity index (χ2v) is 5.58. The average Bonchev–Trinajstić information content (AvgIpc) is 2.60. The molecule has 2 rings (SSSR count). The van der Waals surface area contributed by atoms with E-state index in [0.717, 1.165) is 11.1 Å². The first-order chi connectivity index (χ1) is 11.9. The van der Waals surface area contributed by atoms with Crippen LogP contribution in [0.4, 0.5) is 0 Å². The van der Waals surface area contributed by atoms with E-state index in [0.29, 0.717) is 17.1 Å². The highest BCUT2D eigenvalue weighted by Crippen LogP contribution is 2.25. The average molecular weight is 343 g/mol. The molecule has 0 saturated carbocycles. The molecule has 0 aliphatic carbocycles. The van der Waals surface area contributed by atoms with Gasteiger partial charge in [0, 0.05) is 11.6 Å². The Hall–Kier alpha value is -3.02. The van der Waals surface area contributed by atoms with Crippen LogP contribution in [-0.2, 0) is 4.79 Å². The molecule has 2 aromatic carbocycles. The van der Waals surface area contributed by atoms with Crippen molar-refractivity contribution in [3.63, 3.8) is 0 Å². The molecule has 1 unspecified atom stereocenters. The highest BCUT2D eigenvalue weighted by Gasteiger charge is 2.21. The van der Waals surface area contributed by atoms with Crippen molar-refractivity contribution in [1.29, 1.82) is 0 Å². The summed E-state index contributed by atoms with van der Waals surface area (Å²) >= 11 is 0. The predicted octanol–water partition coefficient (Wildman–Crippen LogP) is 2.96. The number of hydrogen-bond acceptors (Lipinski definition) is 4. The van der Waals surface area contributed by atoms with Crippen LogP contribution in [0.5, 0.6) is 11.5 Å². The summed E-state index contributed by atoms with van der Waals surface area (Å²) in [6.07, 6.45) is -0.211. The molecule has 0 heterocycles. The zero-order chi connectivity index (χ0) is 18.4. The second kappa shape index (κ2) is 8.19. The van der Waals surface area contributed by atoms with Gasteiger partial charge in [0.15, 0.2) is 0 Å². The number of benzene rings is 2. The normalized spacial score (nSPS) is 11.5. The lowest BCUT2D eigenvalue weighted by atomic mass is 9.98. The van der Waals surface area contributed by atoms with Crippen LogP contribution in [0.1, 0.15) is 33.9 Å². The van der Waals surface area contributed by atoms with E-state index in [4.69, 9.17) is 9.47 Å². The van der Waals surface area contributed by atoms with Gasteiger partial charge in [-0.05, 0) is 30.2 Å². The molecule has 1 amide bonds. The predicted molar refractivity (Wildman–Crippen MR) is 93.2 cm³/mol. The second-order valence-electron chi connectivity index (χ2n) is 5.58. The Morgan fingerprint density at radius 1 is 1.08 bits per heavy atom. The summed E-state index contributed by atoms with van der Waals surface area (Å²) in [6.45, 7) is 1.88. The number of rotatable bonds is 7. The molecule has 6 nitrogen and oxygen atoms in total. The first-order valence-electron chi connectivity index (χ1n) is 7.76. The van der Waals surface area contributed by atoms with E-state index in [1.165, 1.54) is 14.2 Å². The van der Waals surface area contributed by atoms with Gasteiger partial charge in [0.2, 0.25) is 0 Å². The van der Waals surface area contributed by atoms with Crippen molar-refractivity contribution in [2.75, 3.05) is 14.2 Å². The summed E-state index contributed by atoms with van der Waals surface area (Å²) in [5.74, 6) is -0.422. The van der Waals surface area contributed by atoms with Gasteiger partial charge in [0.1, 0.15) is 11.5 Å². The molecule has 2 N–H and O–H groups in total. The van der Waals surface area contributed by atoms with Crippen molar-refractivity contribution in [2.24, 2.45) is 0 Å². The van der Waals surface area contributed by atoms with Gasteiger partial charge in [0.25, 0.3) is 5.91 Å². The van der Waals surface area contributed by atoms with Gasteiger partial charge in [-0.3, -0.25) is 9.59 Å². The van der Waals surface area contributed by atoms with E-state index in [2.05, 4.69) is 5.32 Å². The fourth-order valence-corrected chi connectivity index (χ4v) is 2.57. The third-order valence-corrected chi connectivity index (χ3v) is 3.86. The molecule has 0 bridgehead atoms. The molecule has 0 radical (unpaired) electrons. The van der Waals surface area contributed by atoms with Crippen molar-refractivity contribution in [1.82, 2.24) is 5.32 Å². The van der Waals surface area contributed by atoms with E-state index in [1.807, 2.05) is 31.2 Å². The van der Waals surface area contributed by atoms with E-state index < -0.39 is 17.9 Å². The van der Waals surface area contributed by atoms with Gasteiger partial charge in [-0.2, -0.15) is 0 Å². The molecule has 1 atom stereocenters. The zero-order valence-electron chi connectivity index (χ0n) is 14.4. The Bertz CT molecular complexity index is 750. The van der Waals surface area contributed by atoms with Gasteiger partial charge in [-0.15, -0.1) is 0 Å². The number of amides is 1. The van der Waals surface area contributed by atoms with Crippen molar-refractivity contribution >= 4 is 11.9 Å². The van der Waals surface area contributed by atoms with Crippen LogP contribution >= 0.6 is 0 Å². The maximum Gasteiger partial charge on any atom is 0.305 e. The highest BCUT2D eigenvalue weighted by atomic mass is 16.5. The SMILES string of the molecule is COc1cc(OC)cc(C(=O)NC(CC(=O)O)c2ccccc2C)c1. The maximum absolute atomic E-state index is 12.6. The van der Waals surface area contributed by atoms with Crippen LogP contribution in [0, 0.1) is 6.92 Å². The van der Waals surface area contributed by atoms with E-state index in [1.54, 1.807) is 18.2 Å². The number of ether oxygens (including phenoxy) is 2. The lowest BCUT2D eigenvalue weighted by molar-refractivity contribution is -0.137. The van der Waals surface area contributed by atoms with Crippen LogP contribution in [0.2, 0.25) is 0 Å². The van der Waals surface area contributed by atoms with E-state index in [-0.39, 0.29) is 6.42 Å². The zero-order valence-corrected chi connectivity index (χ0v) is 14.4. The lowest BCUT2D eigenvalue weighted by Crippen LogP contribution is -2.30. The molecule has 0 saturated heterocycles. The van der Waals surface area contributed by atoms with Gasteiger partial charge in [-0.25, -0.2) is 0 Å². The molecule has 2 aromatic rings. The Labute approximate surface area is 146 Å². The fraction of sp³-hybridized carbons (Fsp3) is 0.263. The molecule has 0 spiro atoms. The summed E-state index contributed by atoms with van der Waals surface area (Å²) in [7, 11) is 2.99. The van der Waals surface area contributed by atoms with Crippen molar-refractivity contribution in [3.8, 4) is 11.5 Å². The molecule has 0 aliphatic heterocycles. The number of methoxy groups -OCH3 is 2. The summed E-state index contributed by atoms with van der Waals surface area (Å²) in [6, 6.07) is 11.6. The lowest BCUT2D eigenvalue weighted by Gasteiger charge is -2.20. The largest absolute Gasteiger partial charge is 0.497 e. The maximum atomic E-state index is 12.6. The third kappa shape index (κ3) is 4.73. The standard InChI is InChI=1S/C19H21NO5/c1-12-6-4-5-7-16(12)17(11-18(21)22)20-19(23)13-8-14(24-2)10-15(9-13)25-3/h4-10,17H,11H2,1-3H3,(H,20,23)(H,21,22). The van der Waals surface area contributed by atoms with Crippen molar-refractivity contribution in [2.45, 2.75) is 19.4 Å². The number of hydrogen-bond donors (Lipinski definition) is 2. The summed E-state index contributed by atoms with van der Waals surface area (Å²) in [5.41, 5.74) is 2.02. The van der Waals surface area contributed by atoms with Crippen LogP contribution in [0.25, 0.3) is 0 Å². The molecule has 132 valence electrons. The van der Waals surface area contributed by atoms with Crippen molar-refractivity contribution in [3.05, 3.63) is 59.2 Å². The summed E-state index contributed by atoms with van der Waals surface area (Å²) in [4.78, 5) is 23.9. The molecule has 6 heteroatoms. The van der Waals surface area contributed by atoms with E-state index >= 15 is 0 Å². The molecular weight excluding hydrogens is 322 g/mol. The number of carbonyl (C=O) groups is 2. The van der Waals surface area contributed by atoms with Crippen LogP contribution in [0.15, 0.2) is 42.5 Å². The number of nitrogens with one attached hydrogen (secondary N) is 1. The Morgan fingerprint density at radius 3 is 2.20 bits per heavy atom. The van der Waals surface area contributed by atoms with Gasteiger partial charge in [-0.1, -0.05) is 24.3 Å². The Morgan fingerprint density at radius 2 is 1.68 bits per heavy atom. The third-order valence-electron chi connectivity index (χ3n) is 3.86. The number of carboxylic acids is 1. The van der Waals surface area contributed by atoms with Crippen molar-refractivity contribution < 1.29 is 24.2 Å². The molecule has 0 fully saturated rings. The van der Waals surface area contributed by atoms with Crippen LogP contribution < -0.4 is 14.8 Å². The highest BCUT2D eigenvalue weighted by molar-refractivity contribution is 5.95. The molecule has 0 aromatic heterocycles. The molecule has 0 aliphatic rings. The van der Waals surface area contributed by atoms with Gasteiger partial charge >= 0.3 is 5.97 Å². The number of carboxylic acid groups (broad SMARTS) is 1. The topological polar surface area (TPSA) is 84.9 Å². The Kier molecular flexibility index (Phi) is 6.00. The minimum atomic E-state index is -0.989. The number of aliphatic carboxylic acids is 1. The first kappa shape index (κ1) is 18.3. The number of aryl methyl sites for hydroxylation is 1. The first-order valence-corrected chi connectivity index (χ1v) is 7.76. The Balaban J connectivity index is 2.31. The molecular formula is C19H21NO5. The summed E-state index contributed by atoms with van der Waals surface area (Å²) in [5, 5.41) is 12.0. The minimum absolute atomic E-state index is 0.211. The quantitative estimate of drug-likeness (QED) is 0.807. The van der Waals surface area contributed by atoms with Crippen LogP contribution in [0.3, 0.4) is 0 Å². The minimum Gasteiger partial charge on any atom is -0.497 e. The van der Waals surface area contributed by atoms with E-state index in [9.17, 15) is 14.7 Å². The van der Waals surface area contributed by atoms with Crippen LogP contribution in [-0.4, -0.2) is 31.2 Å². The monoisotopic (exact) mass is 343 g/mol. The number of carbonyl (C=O) groups excluding carboxylic acids is 1. The van der Waals surface area contributed by atoms with Gasteiger partial charge in [0.05, 0.1) is 26.7 Å². The van der Waals surface area contributed by atoms with Gasteiger partial charge < -0.3 is 19.9 Å². The smallest absolute Gasteiger partial charge is 0.305 e.